The summed E-state index contributed by atoms with van der Waals surface area (Å²) >= 11 is 0. The molecule has 3 heterocycles. The molecule has 0 fully saturated rings. The molecule has 0 radical (unpaired) electrons. The van der Waals surface area contributed by atoms with Crippen LogP contribution in [0.5, 0.6) is 11.5 Å². The van der Waals surface area contributed by atoms with Gasteiger partial charge in [0.25, 0.3) is 6.71 Å². The van der Waals surface area contributed by atoms with E-state index < -0.39 is 0 Å². The number of hydrogen-bond acceptors (Lipinski definition) is 4. The first-order chi connectivity index (χ1) is 34.7. The number of benzene rings is 9. The number of fused-ring (bicyclic) bond motifs is 8. The van der Waals surface area contributed by atoms with E-state index in [0.29, 0.717) is 0 Å². The molecule has 5 heteroatoms. The molecule has 1 aromatic heterocycles. The molecule has 0 aliphatic carbocycles. The van der Waals surface area contributed by atoms with Crippen molar-refractivity contribution >= 4 is 89.9 Å². The molecule has 0 amide bonds. The maximum absolute atomic E-state index is 7.31. The number of rotatable bonds is 5. The van der Waals surface area contributed by atoms with Gasteiger partial charge in [-0.05, 0) is 149 Å². The largest absolute Gasteiger partial charge is 0.458 e. The smallest absolute Gasteiger partial charge is 0.256 e. The number of ether oxygens (including phenoxy) is 1. The molecule has 2 aliphatic rings. The molecule has 0 saturated carbocycles. The van der Waals surface area contributed by atoms with Crippen molar-refractivity contribution in [1.82, 2.24) is 0 Å². The number of para-hydroxylation sites is 1. The van der Waals surface area contributed by atoms with Gasteiger partial charge < -0.3 is 19.0 Å². The second-order valence-corrected chi connectivity index (χ2v) is 24.7. The first-order valence-corrected chi connectivity index (χ1v) is 26.1. The Kier molecular flexibility index (Phi) is 10.5. The van der Waals surface area contributed by atoms with Gasteiger partial charge in [-0.1, -0.05) is 192 Å². The predicted molar refractivity (Wildman–Crippen MR) is 312 cm³/mol. The van der Waals surface area contributed by atoms with E-state index in [-0.39, 0.29) is 28.4 Å². The van der Waals surface area contributed by atoms with E-state index in [2.05, 4.69) is 269 Å². The van der Waals surface area contributed by atoms with Gasteiger partial charge in [0.1, 0.15) is 17.1 Å². The molecule has 4 nitrogen and oxygen atoms in total. The van der Waals surface area contributed by atoms with E-state index in [1.54, 1.807) is 0 Å². The van der Waals surface area contributed by atoms with Crippen LogP contribution in [0.2, 0.25) is 0 Å². The average Bonchev–Trinajstić information content (AvgIpc) is 3.75. The minimum atomic E-state index is -0.0876. The molecule has 10 aromatic rings. The fourth-order valence-corrected chi connectivity index (χ4v) is 11.4. The van der Waals surface area contributed by atoms with E-state index in [9.17, 15) is 0 Å². The number of furan rings is 1. The van der Waals surface area contributed by atoms with Crippen LogP contribution in [-0.4, -0.2) is 6.71 Å². The number of hydrogen-bond donors (Lipinski definition) is 0. The maximum Gasteiger partial charge on any atom is 0.256 e. The van der Waals surface area contributed by atoms with E-state index in [1.807, 2.05) is 0 Å². The summed E-state index contributed by atoms with van der Waals surface area (Å²) in [6.45, 7) is 27.4. The highest BCUT2D eigenvalue weighted by Crippen LogP contribution is 2.51. The second kappa shape index (κ2) is 16.5. The van der Waals surface area contributed by atoms with Crippen molar-refractivity contribution in [2.45, 2.75) is 105 Å². The first kappa shape index (κ1) is 46.6. The molecule has 362 valence electrons. The molecule has 0 bridgehead atoms. The highest BCUT2D eigenvalue weighted by Gasteiger charge is 2.44. The molecule has 0 N–H and O–H groups in total. The standard InChI is InChI=1S/C68H65BN2O2/c1-65(2,3)44-24-30-48(31-25-44)70(49-32-26-45(27-33-49)66(4,5)6)56-35-36-57(64-62(56)52-21-15-16-23-59(52)73-64)71-55-34-28-46(67(7,8)9)40-53(55)69-54-41-47(68(10,11)12)29-37-60(54)72-61-39-43(38-58(71)63(61)69)51-22-17-19-42-18-13-14-20-50(42)51/h13-41H,1-12H3. The van der Waals surface area contributed by atoms with E-state index in [1.165, 1.54) is 44.0 Å². The molecule has 73 heavy (non-hydrogen) atoms. The second-order valence-electron chi connectivity index (χ2n) is 24.7. The van der Waals surface area contributed by atoms with Crippen LogP contribution in [0.1, 0.15) is 105 Å². The van der Waals surface area contributed by atoms with Gasteiger partial charge in [-0.15, -0.1) is 0 Å². The van der Waals surface area contributed by atoms with Crippen LogP contribution < -0.4 is 30.9 Å². The van der Waals surface area contributed by atoms with Gasteiger partial charge in [0.05, 0.1) is 16.8 Å². The van der Waals surface area contributed by atoms with E-state index in [4.69, 9.17) is 9.15 Å². The van der Waals surface area contributed by atoms with Crippen LogP contribution in [0.3, 0.4) is 0 Å². The van der Waals surface area contributed by atoms with Crippen molar-refractivity contribution in [1.29, 1.82) is 0 Å². The lowest BCUT2D eigenvalue weighted by Gasteiger charge is -2.41. The Morgan fingerprint density at radius 1 is 0.438 bits per heavy atom. The summed E-state index contributed by atoms with van der Waals surface area (Å²) < 4.78 is 14.6. The van der Waals surface area contributed by atoms with Gasteiger partial charge >= 0.3 is 0 Å². The molecule has 0 unspecified atom stereocenters. The van der Waals surface area contributed by atoms with Gasteiger partial charge in [-0.3, -0.25) is 0 Å². The first-order valence-electron chi connectivity index (χ1n) is 26.1. The zero-order valence-corrected chi connectivity index (χ0v) is 44.5. The average molecular weight is 953 g/mol. The third kappa shape index (κ3) is 7.82. The lowest BCUT2D eigenvalue weighted by molar-refractivity contribution is 0.486. The fourth-order valence-electron chi connectivity index (χ4n) is 11.4. The Morgan fingerprint density at radius 3 is 1.63 bits per heavy atom. The topological polar surface area (TPSA) is 28.9 Å². The Balaban J connectivity index is 1.16. The third-order valence-corrected chi connectivity index (χ3v) is 15.6. The monoisotopic (exact) mass is 953 g/mol. The van der Waals surface area contributed by atoms with Gasteiger partial charge in [0.15, 0.2) is 5.58 Å². The maximum atomic E-state index is 7.31. The van der Waals surface area contributed by atoms with Crippen molar-refractivity contribution < 1.29 is 9.15 Å². The molecule has 9 aromatic carbocycles. The quantitative estimate of drug-likeness (QED) is 0.161. The molecule has 0 saturated heterocycles. The highest BCUT2D eigenvalue weighted by atomic mass is 16.5. The Labute approximate surface area is 432 Å². The molecule has 12 rings (SSSR count). The SMILES string of the molecule is CC(C)(C)c1ccc(N(c2ccc(C(C)(C)C)cc2)c2ccc(N3c4ccc(C(C)(C)C)cc4B4c5cc(C(C)(C)C)ccc5Oc5cc(-c6cccc7ccccc67)cc3c54)c3oc4ccccc4c23)cc1. The minimum absolute atomic E-state index is 0.0108. The van der Waals surface area contributed by atoms with Crippen LogP contribution >= 0.6 is 0 Å². The molecule has 2 aliphatic heterocycles. The summed E-state index contributed by atoms with van der Waals surface area (Å²) in [6, 6.07) is 65.5. The highest BCUT2D eigenvalue weighted by molar-refractivity contribution is 6.99. The summed E-state index contributed by atoms with van der Waals surface area (Å²) in [5, 5.41) is 4.52. The zero-order chi connectivity index (χ0) is 50.9. The Hall–Kier alpha value is -7.50. The van der Waals surface area contributed by atoms with Gasteiger partial charge in [0.2, 0.25) is 0 Å². The van der Waals surface area contributed by atoms with Crippen LogP contribution in [0.15, 0.2) is 180 Å². The molecule has 0 atom stereocenters. The lowest BCUT2D eigenvalue weighted by atomic mass is 9.33. The molecular weight excluding hydrogens is 888 g/mol. The summed E-state index contributed by atoms with van der Waals surface area (Å²) in [5.74, 6) is 1.78. The summed E-state index contributed by atoms with van der Waals surface area (Å²) in [5.41, 5.74) is 19.0. The van der Waals surface area contributed by atoms with Crippen LogP contribution in [-0.2, 0) is 21.7 Å². The Bertz CT molecular complexity index is 3750. The lowest BCUT2D eigenvalue weighted by Crippen LogP contribution is -2.60. The third-order valence-electron chi connectivity index (χ3n) is 15.6. The van der Waals surface area contributed by atoms with Gasteiger partial charge in [0, 0.05) is 28.1 Å². The summed E-state index contributed by atoms with van der Waals surface area (Å²) in [6.07, 6.45) is 0. The number of nitrogens with zero attached hydrogens (tertiary/aromatic N) is 2. The van der Waals surface area contributed by atoms with Crippen molar-refractivity contribution in [2.75, 3.05) is 9.80 Å². The fraction of sp³-hybridized carbons (Fsp3) is 0.235. The minimum Gasteiger partial charge on any atom is -0.458 e. The van der Waals surface area contributed by atoms with Crippen molar-refractivity contribution in [2.24, 2.45) is 0 Å². The summed E-state index contributed by atoms with van der Waals surface area (Å²) in [4.78, 5) is 4.91. The van der Waals surface area contributed by atoms with Crippen molar-refractivity contribution in [3.63, 3.8) is 0 Å². The number of anilines is 6. The Morgan fingerprint density at radius 2 is 0.986 bits per heavy atom. The van der Waals surface area contributed by atoms with Crippen molar-refractivity contribution in [3.05, 3.63) is 198 Å². The molecule has 0 spiro atoms. The van der Waals surface area contributed by atoms with Crippen LogP contribution in [0.4, 0.5) is 34.1 Å². The summed E-state index contributed by atoms with van der Waals surface area (Å²) in [7, 11) is 0. The zero-order valence-electron chi connectivity index (χ0n) is 44.5. The predicted octanol–water partition coefficient (Wildman–Crippen LogP) is 17.5. The van der Waals surface area contributed by atoms with Gasteiger partial charge in [-0.25, -0.2) is 0 Å². The van der Waals surface area contributed by atoms with Crippen molar-refractivity contribution in [3.8, 4) is 22.6 Å². The molecular formula is C68H65BN2O2. The van der Waals surface area contributed by atoms with Gasteiger partial charge in [-0.2, -0.15) is 0 Å². The van der Waals surface area contributed by atoms with Crippen LogP contribution in [0, 0.1) is 0 Å². The normalized spacial score (nSPS) is 13.5. The van der Waals surface area contributed by atoms with E-state index >= 15 is 0 Å². The van der Waals surface area contributed by atoms with E-state index in [0.717, 1.165) is 84.2 Å². The van der Waals surface area contributed by atoms with Crippen LogP contribution in [0.25, 0.3) is 43.8 Å².